The maximum Gasteiger partial charge on any atom is 0.220 e. The fourth-order valence-corrected chi connectivity index (χ4v) is 8.74. The second kappa shape index (κ2) is 55.4. The average molecular weight is 895 g/mol. The first-order chi connectivity index (χ1) is 31.7. The molecule has 3 N–H and O–H groups in total. The molecule has 1 amide bonds. The van der Waals surface area contributed by atoms with E-state index in [0.29, 0.717) is 12.8 Å². The van der Waals surface area contributed by atoms with Gasteiger partial charge in [-0.15, -0.1) is 0 Å². The number of hydrogen-bond acceptors (Lipinski definition) is 3. The van der Waals surface area contributed by atoms with Crippen molar-refractivity contribution in [2.24, 2.45) is 0 Å². The van der Waals surface area contributed by atoms with Crippen molar-refractivity contribution < 1.29 is 15.0 Å². The molecule has 0 aliphatic carbocycles. The zero-order chi connectivity index (χ0) is 46.3. The summed E-state index contributed by atoms with van der Waals surface area (Å²) in [4.78, 5) is 12.5. The Balaban J connectivity index is 3.47. The minimum absolute atomic E-state index is 0.0484. The van der Waals surface area contributed by atoms with E-state index < -0.39 is 12.1 Å². The quantitative estimate of drug-likeness (QED) is 0.0421. The largest absolute Gasteiger partial charge is 0.394 e. The highest BCUT2D eigenvalue weighted by Gasteiger charge is 2.20. The Morgan fingerprint density at radius 1 is 0.391 bits per heavy atom. The highest BCUT2D eigenvalue weighted by Crippen LogP contribution is 2.18. The summed E-state index contributed by atoms with van der Waals surface area (Å²) in [7, 11) is 0. The molecule has 0 saturated heterocycles. The van der Waals surface area contributed by atoms with Crippen LogP contribution in [0.25, 0.3) is 0 Å². The van der Waals surface area contributed by atoms with Crippen molar-refractivity contribution in [2.45, 2.75) is 309 Å². The fourth-order valence-electron chi connectivity index (χ4n) is 8.74. The van der Waals surface area contributed by atoms with Crippen LogP contribution in [0.4, 0.5) is 0 Å². The molecule has 2 atom stereocenters. The maximum absolute atomic E-state index is 12.5. The van der Waals surface area contributed by atoms with Crippen LogP contribution in [-0.2, 0) is 4.79 Å². The van der Waals surface area contributed by atoms with Crippen LogP contribution in [0.2, 0.25) is 0 Å². The van der Waals surface area contributed by atoms with E-state index >= 15 is 0 Å². The molecule has 2 unspecified atom stereocenters. The molecule has 0 heterocycles. The van der Waals surface area contributed by atoms with Gasteiger partial charge in [0.1, 0.15) is 0 Å². The van der Waals surface area contributed by atoms with E-state index in [9.17, 15) is 15.0 Å². The highest BCUT2D eigenvalue weighted by atomic mass is 16.3. The number of allylic oxidation sites excluding steroid dienone is 10. The van der Waals surface area contributed by atoms with Crippen molar-refractivity contribution in [2.75, 3.05) is 6.61 Å². The van der Waals surface area contributed by atoms with Gasteiger partial charge in [-0.1, -0.05) is 293 Å². The van der Waals surface area contributed by atoms with E-state index in [-0.39, 0.29) is 12.5 Å². The lowest BCUT2D eigenvalue weighted by Crippen LogP contribution is -2.45. The zero-order valence-electron chi connectivity index (χ0n) is 43.1. The number of aliphatic hydroxyl groups is 2. The minimum Gasteiger partial charge on any atom is -0.394 e. The summed E-state index contributed by atoms with van der Waals surface area (Å²) in [5, 5.41) is 23.3. The molecule has 0 aliphatic heterocycles. The molecule has 0 radical (unpaired) electrons. The summed E-state index contributed by atoms with van der Waals surface area (Å²) in [6.45, 7) is 4.26. The summed E-state index contributed by atoms with van der Waals surface area (Å²) in [5.41, 5.74) is 0. The standard InChI is InChI=1S/C60H111NO3/c1-3-5-7-9-11-13-15-17-19-21-23-25-26-27-28-29-30-31-32-33-34-36-37-39-41-43-45-47-49-51-53-55-59(63)58(57-62)61-60(64)56-54-52-50-48-46-44-42-40-38-35-24-22-20-18-16-14-12-10-8-6-4-2/h6,8,12,14,18,20,24,35,40,42,58-59,62-63H,3-5,7,9-11,13,15-17,19,21-23,25-34,36-39,41,43-57H2,1-2H3,(H,61,64)/b8-6-,14-12-,20-18-,35-24-,42-40-. The van der Waals surface area contributed by atoms with Gasteiger partial charge in [-0.05, 0) is 57.8 Å². The molecule has 0 rings (SSSR count). The van der Waals surface area contributed by atoms with Gasteiger partial charge in [0.2, 0.25) is 5.91 Å². The Hall–Kier alpha value is -1.91. The molecule has 0 fully saturated rings. The summed E-state index contributed by atoms with van der Waals surface area (Å²) < 4.78 is 0. The van der Waals surface area contributed by atoms with Crippen LogP contribution >= 0.6 is 0 Å². The third kappa shape index (κ3) is 51.1. The van der Waals surface area contributed by atoms with Gasteiger partial charge in [-0.2, -0.15) is 0 Å². The lowest BCUT2D eigenvalue weighted by molar-refractivity contribution is -0.123. The molecule has 0 bridgehead atoms. The molecule has 0 saturated carbocycles. The van der Waals surface area contributed by atoms with Crippen LogP contribution in [0.15, 0.2) is 60.8 Å². The van der Waals surface area contributed by atoms with Crippen LogP contribution in [-0.4, -0.2) is 34.9 Å². The molecule has 4 heteroatoms. The number of nitrogens with one attached hydrogen (secondary N) is 1. The third-order valence-corrected chi connectivity index (χ3v) is 13.0. The molecular weight excluding hydrogens is 783 g/mol. The zero-order valence-corrected chi connectivity index (χ0v) is 43.1. The van der Waals surface area contributed by atoms with Crippen molar-refractivity contribution >= 4 is 5.91 Å². The smallest absolute Gasteiger partial charge is 0.220 e. The van der Waals surface area contributed by atoms with Gasteiger partial charge in [0.25, 0.3) is 0 Å². The normalized spacial score (nSPS) is 13.2. The Kier molecular flexibility index (Phi) is 53.8. The number of amides is 1. The summed E-state index contributed by atoms with van der Waals surface area (Å²) >= 11 is 0. The van der Waals surface area contributed by atoms with Crippen molar-refractivity contribution in [1.82, 2.24) is 5.32 Å². The molecule has 0 aromatic heterocycles. The van der Waals surface area contributed by atoms with Gasteiger partial charge in [0, 0.05) is 6.42 Å². The van der Waals surface area contributed by atoms with Gasteiger partial charge in [0.05, 0.1) is 18.8 Å². The molecular formula is C60H111NO3. The Morgan fingerprint density at radius 3 is 1.03 bits per heavy atom. The van der Waals surface area contributed by atoms with E-state index in [1.54, 1.807) is 0 Å². The number of unbranched alkanes of at least 4 members (excludes halogenated alkanes) is 35. The molecule has 4 nitrogen and oxygen atoms in total. The second-order valence-corrected chi connectivity index (χ2v) is 19.3. The molecule has 374 valence electrons. The van der Waals surface area contributed by atoms with Crippen LogP contribution in [0.1, 0.15) is 296 Å². The monoisotopic (exact) mass is 894 g/mol. The Bertz CT molecular complexity index is 1060. The van der Waals surface area contributed by atoms with E-state index in [2.05, 4.69) is 79.9 Å². The minimum atomic E-state index is -0.673. The molecule has 0 spiro atoms. The van der Waals surface area contributed by atoms with Crippen molar-refractivity contribution in [3.8, 4) is 0 Å². The topological polar surface area (TPSA) is 69.6 Å². The van der Waals surface area contributed by atoms with Crippen molar-refractivity contribution in [3.63, 3.8) is 0 Å². The lowest BCUT2D eigenvalue weighted by atomic mass is 10.0. The number of carbonyl (C=O) groups excluding carboxylic acids is 1. The number of hydrogen-bond donors (Lipinski definition) is 3. The van der Waals surface area contributed by atoms with E-state index in [1.807, 2.05) is 0 Å². The first-order valence-corrected chi connectivity index (χ1v) is 28.5. The fraction of sp³-hybridized carbons (Fsp3) is 0.817. The third-order valence-electron chi connectivity index (χ3n) is 13.0. The average Bonchev–Trinajstić information content (AvgIpc) is 3.30. The van der Waals surface area contributed by atoms with E-state index in [0.717, 1.165) is 70.6 Å². The Morgan fingerprint density at radius 2 is 0.688 bits per heavy atom. The summed E-state index contributed by atoms with van der Waals surface area (Å²) in [6.07, 6.45) is 77.9. The van der Waals surface area contributed by atoms with Gasteiger partial charge in [-0.3, -0.25) is 4.79 Å². The van der Waals surface area contributed by atoms with Gasteiger partial charge in [0.15, 0.2) is 0 Å². The van der Waals surface area contributed by atoms with Gasteiger partial charge in [-0.25, -0.2) is 0 Å². The maximum atomic E-state index is 12.5. The van der Waals surface area contributed by atoms with Crippen LogP contribution in [0.5, 0.6) is 0 Å². The van der Waals surface area contributed by atoms with Gasteiger partial charge < -0.3 is 15.5 Å². The number of aliphatic hydroxyl groups excluding tert-OH is 2. The van der Waals surface area contributed by atoms with Crippen molar-refractivity contribution in [3.05, 3.63) is 60.8 Å². The Labute approximate surface area is 400 Å². The summed E-state index contributed by atoms with van der Waals surface area (Å²) in [6, 6.07) is -0.551. The van der Waals surface area contributed by atoms with Gasteiger partial charge >= 0.3 is 0 Å². The van der Waals surface area contributed by atoms with Crippen LogP contribution < -0.4 is 5.32 Å². The SMILES string of the molecule is CC/C=C\C/C=C\C/C=C\C/C=C\C/C=C\CCCCCCCC(=O)NC(CO)C(O)CCCCCCCCCCCCCCCCCCCCCCCCCCCCCCCCC. The lowest BCUT2D eigenvalue weighted by Gasteiger charge is -2.22. The van der Waals surface area contributed by atoms with Crippen molar-refractivity contribution in [1.29, 1.82) is 0 Å². The van der Waals surface area contributed by atoms with E-state index in [1.165, 1.54) is 199 Å². The van der Waals surface area contributed by atoms with Crippen LogP contribution in [0, 0.1) is 0 Å². The molecule has 0 aliphatic rings. The van der Waals surface area contributed by atoms with Crippen LogP contribution in [0.3, 0.4) is 0 Å². The predicted octanol–water partition coefficient (Wildman–Crippen LogP) is 18.8. The predicted molar refractivity (Wildman–Crippen MR) is 285 cm³/mol. The highest BCUT2D eigenvalue weighted by molar-refractivity contribution is 5.76. The van der Waals surface area contributed by atoms with E-state index in [4.69, 9.17) is 0 Å². The first kappa shape index (κ1) is 62.1. The molecule has 64 heavy (non-hydrogen) atoms. The number of carbonyl (C=O) groups is 1. The molecule has 0 aromatic rings. The second-order valence-electron chi connectivity index (χ2n) is 19.3. The number of rotatable bonds is 52. The molecule has 0 aromatic carbocycles. The first-order valence-electron chi connectivity index (χ1n) is 28.5. The summed E-state index contributed by atoms with van der Waals surface area (Å²) in [5.74, 6) is -0.0484.